The van der Waals surface area contributed by atoms with Crippen LogP contribution in [0.4, 0.5) is 5.69 Å². The van der Waals surface area contributed by atoms with Crippen LogP contribution >= 0.6 is 0 Å². The van der Waals surface area contributed by atoms with Crippen molar-refractivity contribution >= 4 is 21.6 Å². The molecule has 180 valence electrons. The number of ether oxygens (including phenoxy) is 1. The van der Waals surface area contributed by atoms with Crippen molar-refractivity contribution in [2.45, 2.75) is 39.5 Å². The number of nitrogens with one attached hydrogen (secondary N) is 1. The lowest BCUT2D eigenvalue weighted by atomic mass is 10.1. The monoisotopic (exact) mass is 480 g/mol. The average molecular weight is 481 g/mol. The molecule has 0 atom stereocenters. The number of carbonyl (C=O) groups is 1. The van der Waals surface area contributed by atoms with E-state index in [1.54, 1.807) is 36.4 Å². The molecule has 0 spiro atoms. The SMILES string of the molecule is Cc1ccc(S(=O)(=O)N(CC(=O)NCCOc2cc(C)ccc2C)c2cc(C)cc(C)c2)cc1. The van der Waals surface area contributed by atoms with Crippen LogP contribution in [0.25, 0.3) is 0 Å². The number of aryl methyl sites for hydroxylation is 5. The van der Waals surface area contributed by atoms with Crippen LogP contribution in [0.5, 0.6) is 5.75 Å². The van der Waals surface area contributed by atoms with E-state index in [1.165, 1.54) is 4.31 Å². The zero-order valence-electron chi connectivity index (χ0n) is 20.4. The normalized spacial score (nSPS) is 11.2. The van der Waals surface area contributed by atoms with Gasteiger partial charge in [-0.3, -0.25) is 9.10 Å². The first-order valence-electron chi connectivity index (χ1n) is 11.2. The van der Waals surface area contributed by atoms with Crippen molar-refractivity contribution in [1.29, 1.82) is 0 Å². The van der Waals surface area contributed by atoms with Crippen LogP contribution in [0.15, 0.2) is 65.6 Å². The molecule has 0 saturated heterocycles. The zero-order chi connectivity index (χ0) is 24.9. The Morgan fingerprint density at radius 3 is 2.09 bits per heavy atom. The van der Waals surface area contributed by atoms with Crippen molar-refractivity contribution in [1.82, 2.24) is 5.32 Å². The highest BCUT2D eigenvalue weighted by Crippen LogP contribution is 2.26. The lowest BCUT2D eigenvalue weighted by Crippen LogP contribution is -2.42. The summed E-state index contributed by atoms with van der Waals surface area (Å²) in [4.78, 5) is 12.9. The zero-order valence-corrected chi connectivity index (χ0v) is 21.2. The summed E-state index contributed by atoms with van der Waals surface area (Å²) in [6.45, 7) is 9.86. The van der Waals surface area contributed by atoms with Crippen LogP contribution in [-0.4, -0.2) is 34.0 Å². The van der Waals surface area contributed by atoms with Gasteiger partial charge in [0.05, 0.1) is 17.1 Å². The number of amides is 1. The van der Waals surface area contributed by atoms with Crippen molar-refractivity contribution in [2.24, 2.45) is 0 Å². The van der Waals surface area contributed by atoms with Gasteiger partial charge in [-0.05, 0) is 87.2 Å². The van der Waals surface area contributed by atoms with E-state index in [9.17, 15) is 13.2 Å². The number of rotatable bonds is 9. The van der Waals surface area contributed by atoms with Crippen molar-refractivity contribution in [3.63, 3.8) is 0 Å². The fourth-order valence-electron chi connectivity index (χ4n) is 3.65. The van der Waals surface area contributed by atoms with Gasteiger partial charge in [0, 0.05) is 0 Å². The van der Waals surface area contributed by atoms with Crippen molar-refractivity contribution in [3.8, 4) is 5.75 Å². The maximum atomic E-state index is 13.5. The Labute approximate surface area is 202 Å². The first-order chi connectivity index (χ1) is 16.1. The van der Waals surface area contributed by atoms with Crippen LogP contribution in [0.3, 0.4) is 0 Å². The summed E-state index contributed by atoms with van der Waals surface area (Å²) in [5.41, 5.74) is 5.36. The maximum absolute atomic E-state index is 13.5. The van der Waals surface area contributed by atoms with Crippen LogP contribution in [0.1, 0.15) is 27.8 Å². The Balaban J connectivity index is 1.75. The highest BCUT2D eigenvalue weighted by molar-refractivity contribution is 7.92. The average Bonchev–Trinajstić information content (AvgIpc) is 2.76. The van der Waals surface area contributed by atoms with E-state index in [1.807, 2.05) is 58.9 Å². The minimum atomic E-state index is -3.94. The highest BCUT2D eigenvalue weighted by atomic mass is 32.2. The molecule has 0 aliphatic carbocycles. The molecule has 34 heavy (non-hydrogen) atoms. The summed E-state index contributed by atoms with van der Waals surface area (Å²) < 4.78 is 34.0. The topological polar surface area (TPSA) is 75.7 Å². The molecular weight excluding hydrogens is 448 g/mol. The molecule has 0 fully saturated rings. The molecule has 1 N–H and O–H groups in total. The first kappa shape index (κ1) is 25.3. The summed E-state index contributed by atoms with van der Waals surface area (Å²) in [5.74, 6) is 0.368. The number of sulfonamides is 1. The van der Waals surface area contributed by atoms with Gasteiger partial charge in [0.25, 0.3) is 10.0 Å². The van der Waals surface area contributed by atoms with Gasteiger partial charge in [0.15, 0.2) is 0 Å². The van der Waals surface area contributed by atoms with Crippen LogP contribution in [0.2, 0.25) is 0 Å². The summed E-state index contributed by atoms with van der Waals surface area (Å²) in [5, 5.41) is 2.78. The van der Waals surface area contributed by atoms with E-state index >= 15 is 0 Å². The number of hydrogen-bond donors (Lipinski definition) is 1. The molecule has 0 radical (unpaired) electrons. The van der Waals surface area contributed by atoms with E-state index in [2.05, 4.69) is 5.32 Å². The molecule has 1 amide bonds. The predicted octanol–water partition coefficient (Wildman–Crippen LogP) is 4.62. The molecule has 0 saturated carbocycles. The number of carbonyl (C=O) groups excluding carboxylic acids is 1. The minimum Gasteiger partial charge on any atom is -0.491 e. The minimum absolute atomic E-state index is 0.142. The van der Waals surface area contributed by atoms with E-state index in [0.717, 1.165) is 33.6 Å². The number of anilines is 1. The fourth-order valence-corrected chi connectivity index (χ4v) is 5.05. The van der Waals surface area contributed by atoms with Gasteiger partial charge in [-0.25, -0.2) is 8.42 Å². The van der Waals surface area contributed by atoms with Crippen molar-refractivity contribution < 1.29 is 17.9 Å². The Morgan fingerprint density at radius 1 is 0.824 bits per heavy atom. The third-order valence-electron chi connectivity index (χ3n) is 5.42. The number of benzene rings is 3. The van der Waals surface area contributed by atoms with Gasteiger partial charge in [0.1, 0.15) is 18.9 Å². The van der Waals surface area contributed by atoms with Gasteiger partial charge < -0.3 is 10.1 Å². The quantitative estimate of drug-likeness (QED) is 0.454. The Morgan fingerprint density at radius 2 is 1.44 bits per heavy atom. The first-order valence-corrected chi connectivity index (χ1v) is 12.6. The van der Waals surface area contributed by atoms with Gasteiger partial charge in [-0.15, -0.1) is 0 Å². The molecule has 0 aliphatic heterocycles. The van der Waals surface area contributed by atoms with E-state index < -0.39 is 15.9 Å². The molecule has 0 aromatic heterocycles. The summed E-state index contributed by atoms with van der Waals surface area (Å²) >= 11 is 0. The summed E-state index contributed by atoms with van der Waals surface area (Å²) in [7, 11) is -3.94. The molecule has 3 rings (SSSR count). The largest absolute Gasteiger partial charge is 0.491 e. The molecule has 0 heterocycles. The molecular formula is C27H32N2O4S. The molecule has 0 unspecified atom stereocenters. The molecule has 0 bridgehead atoms. The maximum Gasteiger partial charge on any atom is 0.264 e. The number of hydrogen-bond acceptors (Lipinski definition) is 4. The second kappa shape index (κ2) is 10.7. The van der Waals surface area contributed by atoms with Gasteiger partial charge in [-0.1, -0.05) is 35.9 Å². The Kier molecular flexibility index (Phi) is 7.99. The van der Waals surface area contributed by atoms with E-state index in [-0.39, 0.29) is 24.6 Å². The third kappa shape index (κ3) is 6.38. The van der Waals surface area contributed by atoms with Crippen LogP contribution < -0.4 is 14.4 Å². The van der Waals surface area contributed by atoms with Crippen molar-refractivity contribution in [2.75, 3.05) is 24.0 Å². The standard InChI is InChI=1S/C27H32N2O4S/c1-19-7-10-25(11-8-19)34(31,32)29(24-15-21(3)14-22(4)16-24)18-27(30)28-12-13-33-26-17-20(2)6-9-23(26)5/h6-11,14-17H,12-13,18H2,1-5H3,(H,28,30). The Hall–Kier alpha value is -3.32. The summed E-state index contributed by atoms with van der Waals surface area (Å²) in [6, 6.07) is 18.1. The van der Waals surface area contributed by atoms with Crippen LogP contribution in [-0.2, 0) is 14.8 Å². The van der Waals surface area contributed by atoms with Gasteiger partial charge >= 0.3 is 0 Å². The second-order valence-electron chi connectivity index (χ2n) is 8.64. The van der Waals surface area contributed by atoms with E-state index in [4.69, 9.17) is 4.74 Å². The molecule has 6 nitrogen and oxygen atoms in total. The molecule has 0 aliphatic rings. The molecule has 3 aromatic carbocycles. The smallest absolute Gasteiger partial charge is 0.264 e. The van der Waals surface area contributed by atoms with Gasteiger partial charge in [-0.2, -0.15) is 0 Å². The fraction of sp³-hybridized carbons (Fsp3) is 0.296. The summed E-state index contributed by atoms with van der Waals surface area (Å²) in [6.07, 6.45) is 0. The lowest BCUT2D eigenvalue weighted by Gasteiger charge is -2.25. The lowest BCUT2D eigenvalue weighted by molar-refractivity contribution is -0.119. The predicted molar refractivity (Wildman–Crippen MR) is 136 cm³/mol. The third-order valence-corrected chi connectivity index (χ3v) is 7.20. The second-order valence-corrected chi connectivity index (χ2v) is 10.5. The van der Waals surface area contributed by atoms with Crippen LogP contribution in [0, 0.1) is 34.6 Å². The number of nitrogens with zero attached hydrogens (tertiary/aromatic N) is 1. The highest BCUT2D eigenvalue weighted by Gasteiger charge is 2.27. The van der Waals surface area contributed by atoms with E-state index in [0.29, 0.717) is 5.69 Å². The molecule has 7 heteroatoms. The van der Waals surface area contributed by atoms with Gasteiger partial charge in [0.2, 0.25) is 5.91 Å². The van der Waals surface area contributed by atoms with Crippen molar-refractivity contribution in [3.05, 3.63) is 88.5 Å². The molecule has 3 aromatic rings. The Bertz CT molecular complexity index is 1250.